The average Bonchev–Trinajstić information content (AvgIpc) is 3.33. The maximum absolute atomic E-state index is 14.0. The molecule has 1 saturated heterocycles. The molecule has 5 rings (SSSR count). The Hall–Kier alpha value is -3.83. The lowest BCUT2D eigenvalue weighted by molar-refractivity contribution is 0.0640. The van der Waals surface area contributed by atoms with Gasteiger partial charge in [-0.1, -0.05) is 93.6 Å². The summed E-state index contributed by atoms with van der Waals surface area (Å²) >= 11 is 0. The van der Waals surface area contributed by atoms with Gasteiger partial charge in [-0.25, -0.2) is 0 Å². The molecule has 0 bridgehead atoms. The van der Waals surface area contributed by atoms with Crippen molar-refractivity contribution in [3.63, 3.8) is 0 Å². The molecule has 0 radical (unpaired) electrons. The Labute approximate surface area is 238 Å². The van der Waals surface area contributed by atoms with E-state index in [1.165, 1.54) is 16.7 Å². The number of piperazine rings is 1. The van der Waals surface area contributed by atoms with Crippen LogP contribution in [0.2, 0.25) is 0 Å². The topological polar surface area (TPSA) is 37.7 Å². The van der Waals surface area contributed by atoms with Crippen molar-refractivity contribution in [2.75, 3.05) is 39.3 Å². The predicted octanol–water partition coefficient (Wildman–Crippen LogP) is 6.86. The van der Waals surface area contributed by atoms with Crippen LogP contribution in [0.3, 0.4) is 0 Å². The summed E-state index contributed by atoms with van der Waals surface area (Å²) in [6, 6.07) is 27.3. The SMILES string of the molecule is CCOc1cccc2c1cc(C(=O)N1CCN(C/C=C/c3ccccc3)CC1)n2Cc1ccc(C(C)(C)C)cc1. The van der Waals surface area contributed by atoms with Crippen molar-refractivity contribution in [2.24, 2.45) is 0 Å². The molecule has 3 aromatic carbocycles. The van der Waals surface area contributed by atoms with E-state index in [1.807, 2.05) is 36.1 Å². The van der Waals surface area contributed by atoms with E-state index in [4.69, 9.17) is 4.74 Å². The van der Waals surface area contributed by atoms with Gasteiger partial charge in [-0.2, -0.15) is 0 Å². The molecule has 5 nitrogen and oxygen atoms in total. The van der Waals surface area contributed by atoms with Gasteiger partial charge in [0.25, 0.3) is 5.91 Å². The summed E-state index contributed by atoms with van der Waals surface area (Å²) in [6.07, 6.45) is 4.38. The Morgan fingerprint density at radius 3 is 2.30 bits per heavy atom. The Kier molecular flexibility index (Phi) is 8.41. The van der Waals surface area contributed by atoms with E-state index in [1.54, 1.807) is 0 Å². The number of carbonyl (C=O) groups excluding carboxylic acids is 1. The summed E-state index contributed by atoms with van der Waals surface area (Å²) in [7, 11) is 0. The van der Waals surface area contributed by atoms with Crippen molar-refractivity contribution in [3.05, 3.63) is 107 Å². The molecule has 2 heterocycles. The summed E-state index contributed by atoms with van der Waals surface area (Å²) in [5, 5.41) is 0.990. The quantitative estimate of drug-likeness (QED) is 0.247. The number of nitrogens with zero attached hydrogens (tertiary/aromatic N) is 3. The van der Waals surface area contributed by atoms with Gasteiger partial charge in [0.05, 0.1) is 12.1 Å². The molecule has 1 aromatic heterocycles. The van der Waals surface area contributed by atoms with Gasteiger partial charge in [0.15, 0.2) is 0 Å². The fraction of sp³-hybridized carbons (Fsp3) is 0.343. The number of amides is 1. The van der Waals surface area contributed by atoms with E-state index in [9.17, 15) is 4.79 Å². The Morgan fingerprint density at radius 1 is 0.900 bits per heavy atom. The first-order chi connectivity index (χ1) is 19.3. The Morgan fingerprint density at radius 2 is 1.62 bits per heavy atom. The van der Waals surface area contributed by atoms with Crippen LogP contribution in [-0.4, -0.2) is 59.6 Å². The number of ether oxygens (including phenoxy) is 1. The fourth-order valence-electron chi connectivity index (χ4n) is 5.38. The number of hydrogen-bond acceptors (Lipinski definition) is 3. The van der Waals surface area contributed by atoms with Crippen LogP contribution in [0.15, 0.2) is 84.9 Å². The van der Waals surface area contributed by atoms with E-state index in [0.29, 0.717) is 13.2 Å². The highest BCUT2D eigenvalue weighted by molar-refractivity contribution is 6.00. The van der Waals surface area contributed by atoms with Crippen LogP contribution >= 0.6 is 0 Å². The third-order valence-corrected chi connectivity index (χ3v) is 7.72. The maximum atomic E-state index is 14.0. The van der Waals surface area contributed by atoms with Gasteiger partial charge in [0.2, 0.25) is 0 Å². The molecular formula is C35H41N3O2. The molecule has 1 amide bonds. The van der Waals surface area contributed by atoms with E-state index < -0.39 is 0 Å². The van der Waals surface area contributed by atoms with Crippen molar-refractivity contribution < 1.29 is 9.53 Å². The minimum absolute atomic E-state index is 0.0874. The van der Waals surface area contributed by atoms with Crippen LogP contribution in [0.5, 0.6) is 5.75 Å². The van der Waals surface area contributed by atoms with Crippen LogP contribution in [0.1, 0.15) is 54.9 Å². The smallest absolute Gasteiger partial charge is 0.270 e. The third-order valence-electron chi connectivity index (χ3n) is 7.72. The second kappa shape index (κ2) is 12.1. The summed E-state index contributed by atoms with van der Waals surface area (Å²) in [4.78, 5) is 18.4. The molecule has 0 N–H and O–H groups in total. The van der Waals surface area contributed by atoms with Gasteiger partial charge < -0.3 is 14.2 Å². The number of rotatable bonds is 8. The first-order valence-corrected chi connectivity index (χ1v) is 14.4. The van der Waals surface area contributed by atoms with Gasteiger partial charge >= 0.3 is 0 Å². The zero-order valence-electron chi connectivity index (χ0n) is 24.3. The number of aromatic nitrogens is 1. The summed E-state index contributed by atoms with van der Waals surface area (Å²) in [5.41, 5.74) is 5.55. The van der Waals surface area contributed by atoms with Gasteiger partial charge in [-0.05, 0) is 47.2 Å². The van der Waals surface area contributed by atoms with Crippen LogP contribution in [0.25, 0.3) is 17.0 Å². The summed E-state index contributed by atoms with van der Waals surface area (Å²) in [5.74, 6) is 0.912. The third kappa shape index (κ3) is 6.31. The second-order valence-electron chi connectivity index (χ2n) is 11.6. The zero-order chi connectivity index (χ0) is 28.1. The van der Waals surface area contributed by atoms with Crippen LogP contribution in [-0.2, 0) is 12.0 Å². The lowest BCUT2D eigenvalue weighted by atomic mass is 9.87. The molecule has 1 fully saturated rings. The molecule has 0 unspecified atom stereocenters. The minimum atomic E-state index is 0.0874. The molecule has 0 atom stereocenters. The van der Waals surface area contributed by atoms with Crippen LogP contribution in [0.4, 0.5) is 0 Å². The zero-order valence-corrected chi connectivity index (χ0v) is 24.3. The highest BCUT2D eigenvalue weighted by Crippen LogP contribution is 2.31. The van der Waals surface area contributed by atoms with E-state index >= 15 is 0 Å². The lowest BCUT2D eigenvalue weighted by Crippen LogP contribution is -2.49. The summed E-state index contributed by atoms with van der Waals surface area (Å²) < 4.78 is 8.12. The fourth-order valence-corrected chi connectivity index (χ4v) is 5.38. The monoisotopic (exact) mass is 535 g/mol. The Bertz CT molecular complexity index is 1450. The maximum Gasteiger partial charge on any atom is 0.270 e. The van der Waals surface area contributed by atoms with E-state index in [0.717, 1.165) is 55.1 Å². The molecule has 208 valence electrons. The van der Waals surface area contributed by atoms with Crippen molar-refractivity contribution in [2.45, 2.75) is 39.7 Å². The molecule has 4 aromatic rings. The van der Waals surface area contributed by atoms with Crippen molar-refractivity contribution in [3.8, 4) is 5.75 Å². The molecule has 1 aliphatic rings. The van der Waals surface area contributed by atoms with E-state index in [2.05, 4.69) is 97.0 Å². The first kappa shape index (κ1) is 27.7. The van der Waals surface area contributed by atoms with Crippen molar-refractivity contribution >= 4 is 22.9 Å². The first-order valence-electron chi connectivity index (χ1n) is 14.4. The molecule has 0 saturated carbocycles. The molecular weight excluding hydrogens is 494 g/mol. The predicted molar refractivity (Wildman–Crippen MR) is 165 cm³/mol. The second-order valence-corrected chi connectivity index (χ2v) is 11.6. The number of hydrogen-bond donors (Lipinski definition) is 0. The van der Waals surface area contributed by atoms with Crippen LogP contribution in [0, 0.1) is 0 Å². The molecule has 1 aliphatic heterocycles. The standard InChI is InChI=1S/C35H41N3O2/c1-5-40-33-15-9-14-31-30(33)25-32(38(31)26-28-16-18-29(19-17-28)35(2,3)4)34(39)37-23-21-36(22-24-37)20-10-13-27-11-7-6-8-12-27/h6-19,25H,5,20-24,26H2,1-4H3/b13-10+. The Balaban J connectivity index is 1.35. The highest BCUT2D eigenvalue weighted by Gasteiger charge is 2.26. The van der Waals surface area contributed by atoms with Crippen molar-refractivity contribution in [1.82, 2.24) is 14.4 Å². The van der Waals surface area contributed by atoms with E-state index in [-0.39, 0.29) is 11.3 Å². The lowest BCUT2D eigenvalue weighted by Gasteiger charge is -2.34. The minimum Gasteiger partial charge on any atom is -0.493 e. The number of benzene rings is 3. The molecule has 5 heteroatoms. The number of fused-ring (bicyclic) bond motifs is 1. The van der Waals surface area contributed by atoms with Crippen molar-refractivity contribution in [1.29, 1.82) is 0 Å². The normalized spacial score (nSPS) is 14.8. The van der Waals surface area contributed by atoms with Gasteiger partial charge in [-0.15, -0.1) is 0 Å². The molecule has 0 spiro atoms. The molecule has 0 aliphatic carbocycles. The summed E-state index contributed by atoms with van der Waals surface area (Å²) in [6.45, 7) is 14.0. The number of carbonyl (C=O) groups is 1. The van der Waals surface area contributed by atoms with Crippen LogP contribution < -0.4 is 4.74 Å². The van der Waals surface area contributed by atoms with Gasteiger partial charge in [-0.3, -0.25) is 9.69 Å². The van der Waals surface area contributed by atoms with Gasteiger partial charge in [0.1, 0.15) is 11.4 Å². The average molecular weight is 536 g/mol. The molecule has 40 heavy (non-hydrogen) atoms. The highest BCUT2D eigenvalue weighted by atomic mass is 16.5. The van der Waals surface area contributed by atoms with Gasteiger partial charge in [0, 0.05) is 44.7 Å². The largest absolute Gasteiger partial charge is 0.493 e.